The highest BCUT2D eigenvalue weighted by Gasteiger charge is 1.95. The van der Waals surface area contributed by atoms with E-state index in [0.717, 1.165) is 29.2 Å². The first-order valence-electron chi connectivity index (χ1n) is 8.68. The number of halogens is 1. The van der Waals surface area contributed by atoms with Gasteiger partial charge in [-0.05, 0) is 17.7 Å². The molecule has 0 aliphatic rings. The van der Waals surface area contributed by atoms with Crippen molar-refractivity contribution in [1.29, 1.82) is 0 Å². The van der Waals surface area contributed by atoms with E-state index in [1.54, 1.807) is 0 Å². The third-order valence-corrected chi connectivity index (χ3v) is 4.47. The molecule has 0 heterocycles. The molecule has 2 N–H and O–H groups in total. The Bertz CT molecular complexity index is 809. The quantitative estimate of drug-likeness (QED) is 0.619. The summed E-state index contributed by atoms with van der Waals surface area (Å²) in [5.74, 6) is -1.19. The summed E-state index contributed by atoms with van der Waals surface area (Å²) in [4.78, 5) is 10.1. The van der Waals surface area contributed by atoms with Crippen molar-refractivity contribution in [3.05, 3.63) is 112 Å². The SMILES string of the molecule is O=C([O-])/C=C/c1ccccc1Br.c1ccc(C[NH2+]Cc2ccccc2)cc1. The summed E-state index contributed by atoms with van der Waals surface area (Å²) in [5, 5.41) is 12.4. The van der Waals surface area contributed by atoms with Gasteiger partial charge in [0.15, 0.2) is 0 Å². The van der Waals surface area contributed by atoms with Crippen molar-refractivity contribution in [2.24, 2.45) is 0 Å². The molecule has 0 radical (unpaired) electrons. The predicted octanol–water partition coefficient (Wildman–Crippen LogP) is 3.16. The van der Waals surface area contributed by atoms with Crippen LogP contribution >= 0.6 is 15.9 Å². The normalized spacial score (nSPS) is 10.3. The molecule has 0 unspecified atom stereocenters. The fourth-order valence-corrected chi connectivity index (χ4v) is 2.82. The zero-order chi connectivity index (χ0) is 19.3. The van der Waals surface area contributed by atoms with E-state index in [-0.39, 0.29) is 0 Å². The highest BCUT2D eigenvalue weighted by molar-refractivity contribution is 9.10. The molecule has 138 valence electrons. The number of benzene rings is 3. The van der Waals surface area contributed by atoms with Gasteiger partial charge in [0.05, 0.1) is 5.97 Å². The van der Waals surface area contributed by atoms with E-state index in [1.807, 2.05) is 24.3 Å². The van der Waals surface area contributed by atoms with Crippen LogP contribution in [0.25, 0.3) is 6.08 Å². The van der Waals surface area contributed by atoms with E-state index in [1.165, 1.54) is 17.2 Å². The molecule has 0 saturated heterocycles. The van der Waals surface area contributed by atoms with Crippen molar-refractivity contribution < 1.29 is 15.2 Å². The van der Waals surface area contributed by atoms with Gasteiger partial charge in [0.1, 0.15) is 13.1 Å². The van der Waals surface area contributed by atoms with Crippen molar-refractivity contribution in [1.82, 2.24) is 0 Å². The summed E-state index contributed by atoms with van der Waals surface area (Å²) in [7, 11) is 0. The lowest BCUT2D eigenvalue weighted by Crippen LogP contribution is -2.80. The summed E-state index contributed by atoms with van der Waals surface area (Å²) in [6.07, 6.45) is 2.49. The van der Waals surface area contributed by atoms with Crippen LogP contribution < -0.4 is 10.4 Å². The molecule has 0 atom stereocenters. The number of rotatable bonds is 6. The minimum atomic E-state index is -1.19. The van der Waals surface area contributed by atoms with E-state index in [9.17, 15) is 9.90 Å². The number of aliphatic carboxylic acids is 1. The first-order chi connectivity index (χ1) is 13.1. The number of hydrogen-bond donors (Lipinski definition) is 1. The Balaban J connectivity index is 0.000000199. The van der Waals surface area contributed by atoms with Crippen LogP contribution in [0.15, 0.2) is 95.5 Å². The van der Waals surface area contributed by atoms with E-state index >= 15 is 0 Å². The Morgan fingerprint density at radius 3 is 1.78 bits per heavy atom. The van der Waals surface area contributed by atoms with Crippen LogP contribution in [0.2, 0.25) is 0 Å². The van der Waals surface area contributed by atoms with Gasteiger partial charge in [-0.1, -0.05) is 101 Å². The molecule has 0 aromatic heterocycles. The molecular formula is C23H22BrNO2. The molecule has 0 aliphatic heterocycles. The lowest BCUT2D eigenvalue weighted by molar-refractivity contribution is -0.686. The Morgan fingerprint density at radius 2 is 1.30 bits per heavy atom. The average Bonchev–Trinajstić information content (AvgIpc) is 2.69. The summed E-state index contributed by atoms with van der Waals surface area (Å²) >= 11 is 3.28. The first kappa shape index (κ1) is 20.6. The van der Waals surface area contributed by atoms with Gasteiger partial charge in [-0.15, -0.1) is 0 Å². The standard InChI is InChI=1S/C14H15N.C9H7BrO2/c1-3-7-13(8-4-1)11-15-12-14-9-5-2-6-10-14;10-8-4-2-1-3-7(8)5-6-9(11)12/h1-10,15H,11-12H2;1-6H,(H,11,12)/b;6-5+. The molecule has 0 bridgehead atoms. The number of nitrogens with two attached hydrogens (primary N) is 1. The largest absolute Gasteiger partial charge is 0.545 e. The number of carboxylic acid groups (broad SMARTS) is 1. The van der Waals surface area contributed by atoms with Gasteiger partial charge in [-0.25, -0.2) is 0 Å². The molecular weight excluding hydrogens is 402 g/mol. The van der Waals surface area contributed by atoms with Crippen molar-refractivity contribution in [2.75, 3.05) is 0 Å². The van der Waals surface area contributed by atoms with Gasteiger partial charge in [-0.3, -0.25) is 0 Å². The molecule has 4 heteroatoms. The van der Waals surface area contributed by atoms with Crippen LogP contribution in [0.4, 0.5) is 0 Å². The van der Waals surface area contributed by atoms with Gasteiger partial charge in [0, 0.05) is 15.6 Å². The maximum atomic E-state index is 10.1. The van der Waals surface area contributed by atoms with Crippen LogP contribution in [-0.4, -0.2) is 5.97 Å². The van der Waals surface area contributed by atoms with Crippen molar-refractivity contribution in [2.45, 2.75) is 13.1 Å². The number of carboxylic acids is 1. The molecule has 0 spiro atoms. The van der Waals surface area contributed by atoms with Crippen LogP contribution in [0.1, 0.15) is 16.7 Å². The summed E-state index contributed by atoms with van der Waals surface area (Å²) in [6, 6.07) is 28.5. The van der Waals surface area contributed by atoms with Crippen LogP contribution in [-0.2, 0) is 17.9 Å². The molecule has 3 nitrogen and oxygen atoms in total. The van der Waals surface area contributed by atoms with Gasteiger partial charge in [-0.2, -0.15) is 0 Å². The maximum absolute atomic E-state index is 10.1. The number of carbonyl (C=O) groups is 1. The predicted molar refractivity (Wildman–Crippen MR) is 110 cm³/mol. The van der Waals surface area contributed by atoms with E-state index < -0.39 is 5.97 Å². The highest BCUT2D eigenvalue weighted by atomic mass is 79.9. The van der Waals surface area contributed by atoms with E-state index in [0.29, 0.717) is 0 Å². The second-order valence-electron chi connectivity index (χ2n) is 5.84. The molecule has 0 saturated carbocycles. The number of hydrogen-bond acceptors (Lipinski definition) is 2. The Labute approximate surface area is 168 Å². The van der Waals surface area contributed by atoms with Gasteiger partial charge in [0.2, 0.25) is 0 Å². The van der Waals surface area contributed by atoms with Crippen molar-refractivity contribution in [3.8, 4) is 0 Å². The Hall–Kier alpha value is -2.69. The van der Waals surface area contributed by atoms with Gasteiger partial charge in [0.25, 0.3) is 0 Å². The molecule has 0 fully saturated rings. The minimum Gasteiger partial charge on any atom is -0.545 e. The lowest BCUT2D eigenvalue weighted by Gasteiger charge is -2.01. The second-order valence-corrected chi connectivity index (χ2v) is 6.70. The van der Waals surface area contributed by atoms with Crippen molar-refractivity contribution in [3.63, 3.8) is 0 Å². The second kappa shape index (κ2) is 11.8. The molecule has 3 rings (SSSR count). The summed E-state index contributed by atoms with van der Waals surface area (Å²) in [5.41, 5.74) is 3.59. The van der Waals surface area contributed by atoms with Crippen LogP contribution in [0.5, 0.6) is 0 Å². The van der Waals surface area contributed by atoms with Crippen molar-refractivity contribution >= 4 is 28.0 Å². The zero-order valence-corrected chi connectivity index (χ0v) is 16.5. The van der Waals surface area contributed by atoms with Gasteiger partial charge < -0.3 is 15.2 Å². The summed E-state index contributed by atoms with van der Waals surface area (Å²) in [6.45, 7) is 2.10. The Kier molecular flexibility index (Phi) is 9.04. The third kappa shape index (κ3) is 8.49. The molecule has 3 aromatic rings. The zero-order valence-electron chi connectivity index (χ0n) is 14.9. The maximum Gasteiger partial charge on any atom is 0.101 e. The summed E-state index contributed by atoms with van der Waals surface area (Å²) < 4.78 is 0.863. The lowest BCUT2D eigenvalue weighted by atomic mass is 10.2. The molecule has 0 aliphatic carbocycles. The van der Waals surface area contributed by atoms with E-state index in [4.69, 9.17) is 0 Å². The smallest absolute Gasteiger partial charge is 0.101 e. The minimum absolute atomic E-state index is 0.821. The van der Waals surface area contributed by atoms with Crippen LogP contribution in [0.3, 0.4) is 0 Å². The fourth-order valence-electron chi connectivity index (χ4n) is 2.40. The first-order valence-corrected chi connectivity index (χ1v) is 9.47. The topological polar surface area (TPSA) is 56.7 Å². The average molecular weight is 424 g/mol. The molecule has 3 aromatic carbocycles. The highest BCUT2D eigenvalue weighted by Crippen LogP contribution is 2.16. The van der Waals surface area contributed by atoms with Gasteiger partial charge >= 0.3 is 0 Å². The van der Waals surface area contributed by atoms with Crippen LogP contribution in [0, 0.1) is 0 Å². The van der Waals surface area contributed by atoms with E-state index in [2.05, 4.69) is 81.9 Å². The number of carbonyl (C=O) groups excluding carboxylic acids is 1. The molecule has 27 heavy (non-hydrogen) atoms. The Morgan fingerprint density at radius 1 is 0.815 bits per heavy atom. The molecule has 0 amide bonds. The number of quaternary nitrogens is 1. The monoisotopic (exact) mass is 423 g/mol. The fraction of sp³-hybridized carbons (Fsp3) is 0.0870. The third-order valence-electron chi connectivity index (χ3n) is 3.75.